The van der Waals surface area contributed by atoms with Crippen molar-refractivity contribution in [2.24, 2.45) is 4.99 Å². The number of aliphatic imine (C=N–C) groups is 1. The molecule has 3 heteroatoms. The molecule has 1 aromatic rings. The van der Waals surface area contributed by atoms with Crippen LogP contribution in [0.5, 0.6) is 0 Å². The predicted molar refractivity (Wildman–Crippen MR) is 50.1 cm³/mol. The van der Waals surface area contributed by atoms with Crippen LogP contribution in [0.25, 0.3) is 0 Å². The molecule has 0 radical (unpaired) electrons. The van der Waals surface area contributed by atoms with E-state index in [1.54, 1.807) is 18.6 Å². The minimum atomic E-state index is 0.654. The Morgan fingerprint density at radius 2 is 2.55 bits per heavy atom. The van der Waals surface area contributed by atoms with Gasteiger partial charge in [0.05, 0.1) is 6.54 Å². The molecule has 0 saturated heterocycles. The first-order valence-electron chi connectivity index (χ1n) is 3.26. The third kappa shape index (κ3) is 3.00. The molecule has 0 N–H and O–H groups in total. The van der Waals surface area contributed by atoms with Crippen molar-refractivity contribution in [2.45, 2.75) is 6.54 Å². The lowest BCUT2D eigenvalue weighted by molar-refractivity contribution is 1.06. The Balaban J connectivity index is 2.51. The maximum Gasteiger partial charge on any atom is 0.0655 e. The van der Waals surface area contributed by atoms with Crippen molar-refractivity contribution in [2.75, 3.05) is 0 Å². The largest absolute Gasteiger partial charge is 0.288 e. The number of rotatable bonds is 3. The molecular weight excluding hydrogens is 156 g/mol. The molecule has 0 amide bonds. The normalized spacial score (nSPS) is 10.2. The Bertz CT molecular complexity index is 244. The average Bonchev–Trinajstić information content (AvgIpc) is 2.07. The smallest absolute Gasteiger partial charge is 0.0655 e. The molecule has 2 nitrogen and oxygen atoms in total. The Morgan fingerprint density at radius 3 is 3.18 bits per heavy atom. The van der Waals surface area contributed by atoms with Gasteiger partial charge in [0.15, 0.2) is 0 Å². The van der Waals surface area contributed by atoms with Crippen molar-refractivity contribution >= 4 is 23.8 Å². The number of aromatic nitrogens is 1. The quantitative estimate of drug-likeness (QED) is 0.501. The highest BCUT2D eigenvalue weighted by Crippen LogP contribution is 1.96. The highest BCUT2D eigenvalue weighted by atomic mass is 32.1. The minimum absolute atomic E-state index is 0.654. The molecule has 0 aliphatic carbocycles. The van der Waals surface area contributed by atoms with E-state index < -0.39 is 0 Å². The molecule has 56 valence electrons. The first-order chi connectivity index (χ1) is 5.43. The van der Waals surface area contributed by atoms with Gasteiger partial charge in [-0.05, 0) is 11.6 Å². The molecule has 0 spiro atoms. The summed E-state index contributed by atoms with van der Waals surface area (Å²) in [5, 5.41) is 1.50. The highest BCUT2D eigenvalue weighted by Gasteiger charge is 1.85. The number of pyridine rings is 1. The minimum Gasteiger partial charge on any atom is -0.288 e. The van der Waals surface area contributed by atoms with E-state index in [0.717, 1.165) is 5.56 Å². The Hall–Kier alpha value is -1.09. The molecule has 0 aromatic carbocycles. The molecule has 1 aromatic heterocycles. The highest BCUT2D eigenvalue weighted by molar-refractivity contribution is 7.80. The fourth-order valence-corrected chi connectivity index (χ4v) is 0.779. The summed E-state index contributed by atoms with van der Waals surface area (Å²) in [5.41, 5.74) is 1.10. The summed E-state index contributed by atoms with van der Waals surface area (Å²) in [6.07, 6.45) is 5.15. The van der Waals surface area contributed by atoms with Crippen molar-refractivity contribution in [3.8, 4) is 0 Å². The second-order valence-electron chi connectivity index (χ2n) is 1.99. The van der Waals surface area contributed by atoms with Crippen LogP contribution < -0.4 is 0 Å². The first kappa shape index (κ1) is 8.01. The maximum atomic E-state index is 4.58. The van der Waals surface area contributed by atoms with E-state index in [4.69, 9.17) is 0 Å². The van der Waals surface area contributed by atoms with Gasteiger partial charge >= 0.3 is 0 Å². The molecule has 0 fully saturated rings. The van der Waals surface area contributed by atoms with E-state index in [1.807, 2.05) is 12.1 Å². The number of nitrogens with zero attached hydrogens (tertiary/aromatic N) is 2. The zero-order valence-electron chi connectivity index (χ0n) is 5.97. The summed E-state index contributed by atoms with van der Waals surface area (Å²) in [7, 11) is 0. The number of hydrogen-bond donors (Lipinski definition) is 0. The second kappa shape index (κ2) is 4.68. The van der Waals surface area contributed by atoms with Crippen LogP contribution in [0.15, 0.2) is 29.5 Å². The number of hydrogen-bond acceptors (Lipinski definition) is 3. The molecule has 11 heavy (non-hydrogen) atoms. The fourth-order valence-electron chi connectivity index (χ4n) is 0.693. The van der Waals surface area contributed by atoms with Crippen LogP contribution >= 0.6 is 12.2 Å². The molecule has 0 saturated carbocycles. The average molecular weight is 164 g/mol. The lowest BCUT2D eigenvalue weighted by Crippen LogP contribution is -1.82. The van der Waals surface area contributed by atoms with Crippen molar-refractivity contribution in [3.05, 3.63) is 30.1 Å². The van der Waals surface area contributed by atoms with Gasteiger partial charge in [-0.15, -0.1) is 0 Å². The monoisotopic (exact) mass is 164 g/mol. The standard InChI is InChI=1S/C8H8N2S/c11-5-4-10-7-8-2-1-3-9-6-8/h1-6H,7H2. The van der Waals surface area contributed by atoms with E-state index in [2.05, 4.69) is 22.2 Å². The third-order valence-electron chi connectivity index (χ3n) is 1.16. The van der Waals surface area contributed by atoms with E-state index in [1.165, 1.54) is 5.37 Å². The lowest BCUT2D eigenvalue weighted by atomic mass is 10.3. The van der Waals surface area contributed by atoms with Gasteiger partial charge in [0.2, 0.25) is 0 Å². The fraction of sp³-hybridized carbons (Fsp3) is 0.125. The maximum absolute atomic E-state index is 4.58. The van der Waals surface area contributed by atoms with Gasteiger partial charge in [0.1, 0.15) is 0 Å². The zero-order valence-corrected chi connectivity index (χ0v) is 6.79. The Labute approximate surface area is 71.0 Å². The van der Waals surface area contributed by atoms with Crippen molar-refractivity contribution in [3.63, 3.8) is 0 Å². The summed E-state index contributed by atoms with van der Waals surface area (Å²) < 4.78 is 0. The summed E-state index contributed by atoms with van der Waals surface area (Å²) in [6.45, 7) is 0.654. The topological polar surface area (TPSA) is 25.2 Å². The molecule has 1 rings (SSSR count). The van der Waals surface area contributed by atoms with Crippen LogP contribution in [0.1, 0.15) is 5.56 Å². The molecule has 0 atom stereocenters. The van der Waals surface area contributed by atoms with Gasteiger partial charge in [0, 0.05) is 24.0 Å². The van der Waals surface area contributed by atoms with Crippen LogP contribution in [0.2, 0.25) is 0 Å². The molecule has 0 aliphatic heterocycles. The van der Waals surface area contributed by atoms with Crippen molar-refractivity contribution in [1.82, 2.24) is 4.98 Å². The summed E-state index contributed by atoms with van der Waals surface area (Å²) in [4.78, 5) is 7.99. The van der Waals surface area contributed by atoms with E-state index in [9.17, 15) is 0 Å². The van der Waals surface area contributed by atoms with Crippen LogP contribution in [0.4, 0.5) is 0 Å². The van der Waals surface area contributed by atoms with Gasteiger partial charge < -0.3 is 0 Å². The van der Waals surface area contributed by atoms with Gasteiger partial charge in [-0.25, -0.2) is 0 Å². The van der Waals surface area contributed by atoms with Gasteiger partial charge in [-0.3, -0.25) is 9.98 Å². The Kier molecular flexibility index (Phi) is 3.41. The number of thiocarbonyl (C=S) groups is 1. The Morgan fingerprint density at radius 1 is 1.64 bits per heavy atom. The van der Waals surface area contributed by atoms with Crippen molar-refractivity contribution < 1.29 is 0 Å². The molecule has 0 aliphatic rings. The SMILES string of the molecule is S=CC=NCc1cccnc1. The van der Waals surface area contributed by atoms with Gasteiger partial charge in [-0.2, -0.15) is 0 Å². The second-order valence-corrected chi connectivity index (χ2v) is 2.26. The zero-order chi connectivity index (χ0) is 7.94. The molecule has 0 bridgehead atoms. The lowest BCUT2D eigenvalue weighted by Gasteiger charge is -1.91. The van der Waals surface area contributed by atoms with Crippen LogP contribution in [0, 0.1) is 0 Å². The third-order valence-corrected chi connectivity index (χ3v) is 1.28. The van der Waals surface area contributed by atoms with Crippen LogP contribution in [-0.2, 0) is 6.54 Å². The summed E-state index contributed by atoms with van der Waals surface area (Å²) in [6, 6.07) is 3.87. The van der Waals surface area contributed by atoms with E-state index in [0.29, 0.717) is 6.54 Å². The van der Waals surface area contributed by atoms with Gasteiger partial charge in [-0.1, -0.05) is 18.3 Å². The van der Waals surface area contributed by atoms with E-state index >= 15 is 0 Å². The molecule has 1 heterocycles. The molecular formula is C8H8N2S. The van der Waals surface area contributed by atoms with Crippen molar-refractivity contribution in [1.29, 1.82) is 0 Å². The summed E-state index contributed by atoms with van der Waals surface area (Å²) in [5.74, 6) is 0. The predicted octanol–water partition coefficient (Wildman–Crippen LogP) is 1.65. The molecule has 0 unspecified atom stereocenters. The van der Waals surface area contributed by atoms with Crippen LogP contribution in [-0.4, -0.2) is 16.6 Å². The first-order valence-corrected chi connectivity index (χ1v) is 3.73. The van der Waals surface area contributed by atoms with Crippen LogP contribution in [0.3, 0.4) is 0 Å². The van der Waals surface area contributed by atoms with E-state index in [-0.39, 0.29) is 0 Å². The summed E-state index contributed by atoms with van der Waals surface area (Å²) >= 11 is 4.58. The van der Waals surface area contributed by atoms with Gasteiger partial charge in [0.25, 0.3) is 0 Å².